The van der Waals surface area contributed by atoms with Crippen molar-refractivity contribution in [1.82, 2.24) is 15.5 Å². The SMILES string of the molecule is CC(C)(C)OC(=O)N1CCCCC1CNC1CCCC1C1CCCN1. The van der Waals surface area contributed by atoms with Gasteiger partial charge in [0.25, 0.3) is 0 Å². The highest BCUT2D eigenvalue weighted by atomic mass is 16.6. The molecule has 0 aromatic rings. The third kappa shape index (κ3) is 5.10. The van der Waals surface area contributed by atoms with Crippen molar-refractivity contribution in [2.45, 2.75) is 95.9 Å². The fourth-order valence-electron chi connectivity index (χ4n) is 4.86. The van der Waals surface area contributed by atoms with Gasteiger partial charge in [0.05, 0.1) is 0 Å². The van der Waals surface area contributed by atoms with Crippen LogP contribution in [0.2, 0.25) is 0 Å². The molecule has 0 aromatic heterocycles. The first-order chi connectivity index (χ1) is 11.9. The molecule has 0 radical (unpaired) electrons. The van der Waals surface area contributed by atoms with E-state index in [9.17, 15) is 4.79 Å². The van der Waals surface area contributed by atoms with Crippen molar-refractivity contribution in [2.24, 2.45) is 5.92 Å². The smallest absolute Gasteiger partial charge is 0.410 e. The average molecular weight is 352 g/mol. The first-order valence-corrected chi connectivity index (χ1v) is 10.4. The van der Waals surface area contributed by atoms with Crippen molar-refractivity contribution in [3.05, 3.63) is 0 Å². The number of amides is 1. The Morgan fingerprint density at radius 3 is 2.68 bits per heavy atom. The molecule has 0 aromatic carbocycles. The molecule has 0 spiro atoms. The van der Waals surface area contributed by atoms with E-state index in [1.54, 1.807) is 0 Å². The normalized spacial score (nSPS) is 33.6. The van der Waals surface area contributed by atoms with Gasteiger partial charge in [0.15, 0.2) is 0 Å². The largest absolute Gasteiger partial charge is 0.444 e. The van der Waals surface area contributed by atoms with Gasteiger partial charge in [0.1, 0.15) is 5.60 Å². The van der Waals surface area contributed by atoms with E-state index >= 15 is 0 Å². The third-order valence-corrected chi connectivity index (χ3v) is 6.06. The molecule has 25 heavy (non-hydrogen) atoms. The standard InChI is InChI=1S/C20H37N3O2/c1-20(2,3)25-19(24)23-13-5-4-8-15(23)14-22-18-10-6-9-16(18)17-11-7-12-21-17/h15-18,21-22H,4-14H2,1-3H3. The fourth-order valence-corrected chi connectivity index (χ4v) is 4.86. The Balaban J connectivity index is 1.53. The fraction of sp³-hybridized carbons (Fsp3) is 0.950. The van der Waals surface area contributed by atoms with Gasteiger partial charge < -0.3 is 20.3 Å². The number of ether oxygens (including phenoxy) is 1. The van der Waals surface area contributed by atoms with Gasteiger partial charge >= 0.3 is 6.09 Å². The number of nitrogens with zero attached hydrogens (tertiary/aromatic N) is 1. The highest BCUT2D eigenvalue weighted by Crippen LogP contribution is 2.32. The molecule has 1 saturated carbocycles. The first-order valence-electron chi connectivity index (χ1n) is 10.4. The van der Waals surface area contributed by atoms with Crippen molar-refractivity contribution < 1.29 is 9.53 Å². The van der Waals surface area contributed by atoms with Gasteiger partial charge in [-0.25, -0.2) is 4.79 Å². The summed E-state index contributed by atoms with van der Waals surface area (Å²) in [4.78, 5) is 14.5. The number of nitrogens with one attached hydrogen (secondary N) is 2. The summed E-state index contributed by atoms with van der Waals surface area (Å²) in [6, 6.07) is 1.59. The van der Waals surface area contributed by atoms with Gasteiger partial charge in [-0.05, 0) is 78.2 Å². The maximum atomic E-state index is 12.6. The van der Waals surface area contributed by atoms with Crippen LogP contribution in [0.1, 0.15) is 72.1 Å². The lowest BCUT2D eigenvalue weighted by Gasteiger charge is -2.38. The Bertz CT molecular complexity index is 443. The van der Waals surface area contributed by atoms with Crippen LogP contribution in [0, 0.1) is 5.92 Å². The Kier molecular flexibility index (Phi) is 6.26. The van der Waals surface area contributed by atoms with E-state index in [0.717, 1.165) is 31.8 Å². The molecule has 2 aliphatic heterocycles. The molecule has 2 saturated heterocycles. The van der Waals surface area contributed by atoms with Crippen LogP contribution in [0.15, 0.2) is 0 Å². The third-order valence-electron chi connectivity index (χ3n) is 6.06. The van der Waals surface area contributed by atoms with Gasteiger partial charge in [-0.2, -0.15) is 0 Å². The van der Waals surface area contributed by atoms with E-state index in [1.807, 2.05) is 25.7 Å². The summed E-state index contributed by atoms with van der Waals surface area (Å²) in [6.45, 7) is 8.76. The van der Waals surface area contributed by atoms with E-state index in [2.05, 4.69) is 10.6 Å². The maximum Gasteiger partial charge on any atom is 0.410 e. The van der Waals surface area contributed by atoms with Crippen LogP contribution in [-0.2, 0) is 4.74 Å². The summed E-state index contributed by atoms with van der Waals surface area (Å²) >= 11 is 0. The van der Waals surface area contributed by atoms with Crippen molar-refractivity contribution >= 4 is 6.09 Å². The van der Waals surface area contributed by atoms with Crippen molar-refractivity contribution in [3.8, 4) is 0 Å². The average Bonchev–Trinajstić information content (AvgIpc) is 3.22. The zero-order valence-corrected chi connectivity index (χ0v) is 16.4. The van der Waals surface area contributed by atoms with E-state index in [1.165, 1.54) is 45.1 Å². The monoisotopic (exact) mass is 351 g/mol. The summed E-state index contributed by atoms with van der Waals surface area (Å²) < 4.78 is 5.63. The number of likely N-dealkylation sites (tertiary alicyclic amines) is 1. The maximum absolute atomic E-state index is 12.6. The van der Waals surface area contributed by atoms with E-state index in [-0.39, 0.29) is 12.1 Å². The van der Waals surface area contributed by atoms with Crippen LogP contribution in [0.3, 0.4) is 0 Å². The van der Waals surface area contributed by atoms with Crippen LogP contribution >= 0.6 is 0 Å². The molecule has 5 heteroatoms. The molecule has 0 bridgehead atoms. The zero-order valence-electron chi connectivity index (χ0n) is 16.4. The predicted molar refractivity (Wildman–Crippen MR) is 101 cm³/mol. The van der Waals surface area contributed by atoms with Crippen LogP contribution in [0.25, 0.3) is 0 Å². The molecular weight excluding hydrogens is 314 g/mol. The van der Waals surface area contributed by atoms with Gasteiger partial charge in [-0.15, -0.1) is 0 Å². The molecule has 3 rings (SSSR count). The highest BCUT2D eigenvalue weighted by molar-refractivity contribution is 5.68. The highest BCUT2D eigenvalue weighted by Gasteiger charge is 2.36. The molecule has 2 N–H and O–H groups in total. The molecule has 4 atom stereocenters. The van der Waals surface area contributed by atoms with E-state index < -0.39 is 5.60 Å². The molecule has 144 valence electrons. The summed E-state index contributed by atoms with van der Waals surface area (Å²) in [6.07, 6.45) is 9.86. The number of carbonyl (C=O) groups excluding carboxylic acids is 1. The molecular formula is C20H37N3O2. The quantitative estimate of drug-likeness (QED) is 0.816. The summed E-state index contributed by atoms with van der Waals surface area (Å²) in [7, 11) is 0. The van der Waals surface area contributed by atoms with Crippen LogP contribution in [0.4, 0.5) is 4.79 Å². The number of hydrogen-bond donors (Lipinski definition) is 2. The molecule has 4 unspecified atom stereocenters. The van der Waals surface area contributed by atoms with Gasteiger partial charge in [0, 0.05) is 31.2 Å². The second kappa shape index (κ2) is 8.26. The minimum Gasteiger partial charge on any atom is -0.444 e. The van der Waals surface area contributed by atoms with E-state index in [4.69, 9.17) is 4.74 Å². The Morgan fingerprint density at radius 1 is 1.12 bits per heavy atom. The molecule has 1 amide bonds. The lowest BCUT2D eigenvalue weighted by molar-refractivity contribution is 0.00946. The molecule has 2 heterocycles. The number of carbonyl (C=O) groups is 1. The first kappa shape index (κ1) is 19.0. The topological polar surface area (TPSA) is 53.6 Å². The van der Waals surface area contributed by atoms with Gasteiger partial charge in [-0.1, -0.05) is 6.42 Å². The summed E-state index contributed by atoms with van der Waals surface area (Å²) in [5.74, 6) is 0.765. The van der Waals surface area contributed by atoms with Crippen LogP contribution in [-0.4, -0.2) is 54.4 Å². The Hall–Kier alpha value is -0.810. The second-order valence-corrected chi connectivity index (χ2v) is 9.14. The van der Waals surface area contributed by atoms with Crippen LogP contribution < -0.4 is 10.6 Å². The predicted octanol–water partition coefficient (Wildman–Crippen LogP) is 3.29. The lowest BCUT2D eigenvalue weighted by Crippen LogP contribution is -2.52. The van der Waals surface area contributed by atoms with Crippen LogP contribution in [0.5, 0.6) is 0 Å². The molecule has 3 aliphatic rings. The lowest BCUT2D eigenvalue weighted by atomic mass is 9.92. The summed E-state index contributed by atoms with van der Waals surface area (Å²) in [5.41, 5.74) is -0.419. The zero-order chi connectivity index (χ0) is 17.9. The minimum absolute atomic E-state index is 0.139. The van der Waals surface area contributed by atoms with Gasteiger partial charge in [0.2, 0.25) is 0 Å². The molecule has 1 aliphatic carbocycles. The summed E-state index contributed by atoms with van der Waals surface area (Å²) in [5, 5.41) is 7.53. The minimum atomic E-state index is -0.419. The molecule has 3 fully saturated rings. The van der Waals surface area contributed by atoms with E-state index in [0.29, 0.717) is 12.1 Å². The number of piperidine rings is 1. The second-order valence-electron chi connectivity index (χ2n) is 9.14. The van der Waals surface area contributed by atoms with Crippen molar-refractivity contribution in [1.29, 1.82) is 0 Å². The Morgan fingerprint density at radius 2 is 1.96 bits per heavy atom. The number of hydrogen-bond acceptors (Lipinski definition) is 4. The molecule has 5 nitrogen and oxygen atoms in total. The van der Waals surface area contributed by atoms with Gasteiger partial charge in [-0.3, -0.25) is 0 Å². The Labute approximate surface area is 153 Å². The van der Waals surface area contributed by atoms with Crippen molar-refractivity contribution in [3.63, 3.8) is 0 Å². The van der Waals surface area contributed by atoms with Crippen molar-refractivity contribution in [2.75, 3.05) is 19.6 Å². The number of rotatable bonds is 4.